The maximum absolute atomic E-state index is 10.7. The summed E-state index contributed by atoms with van der Waals surface area (Å²) in [6, 6.07) is 0. The molecule has 0 N–H and O–H groups in total. The number of allylic oxidation sites excluding steroid dienone is 3. The van der Waals surface area contributed by atoms with E-state index in [1.807, 2.05) is 6.92 Å². The van der Waals surface area contributed by atoms with Crippen LogP contribution in [0.5, 0.6) is 0 Å². The number of nitro groups is 1. The van der Waals surface area contributed by atoms with E-state index in [4.69, 9.17) is 17.7 Å². The molecule has 1 atom stereocenters. The van der Waals surface area contributed by atoms with Crippen molar-refractivity contribution in [1.82, 2.24) is 0 Å². The second-order valence-corrected chi connectivity index (χ2v) is 5.45. The molecule has 0 bridgehead atoms. The van der Waals surface area contributed by atoms with E-state index in [1.54, 1.807) is 24.5 Å². The van der Waals surface area contributed by atoms with Crippen LogP contribution in [-0.4, -0.2) is 29.5 Å². The SMILES string of the molecule is CC1=C2C=C([N+](=O)[O-])C=CC2OC=C1.O=S(=O)([O-])C(F)(F)F. The van der Waals surface area contributed by atoms with Gasteiger partial charge in [0.05, 0.1) is 11.2 Å². The Labute approximate surface area is 123 Å². The third kappa shape index (κ3) is 4.43. The fraction of sp³-hybridized carbons (Fsp3) is 0.273. The van der Waals surface area contributed by atoms with Crippen LogP contribution in [0, 0.1) is 10.1 Å². The van der Waals surface area contributed by atoms with E-state index in [0.29, 0.717) is 0 Å². The minimum absolute atomic E-state index is 0.106. The zero-order valence-corrected chi connectivity index (χ0v) is 11.7. The van der Waals surface area contributed by atoms with Crippen molar-refractivity contribution in [3.63, 3.8) is 0 Å². The van der Waals surface area contributed by atoms with Gasteiger partial charge in [0, 0.05) is 17.7 Å². The summed E-state index contributed by atoms with van der Waals surface area (Å²) in [6.07, 6.45) is 7.98. The monoisotopic (exact) mass is 340 g/mol. The summed E-state index contributed by atoms with van der Waals surface area (Å²) < 4.78 is 64.2. The Bertz CT molecular complexity index is 687. The van der Waals surface area contributed by atoms with Gasteiger partial charge >= 0.3 is 5.51 Å². The highest BCUT2D eigenvalue weighted by atomic mass is 32.2. The van der Waals surface area contributed by atoms with Crippen molar-refractivity contribution < 1.29 is 35.8 Å². The summed E-state index contributed by atoms with van der Waals surface area (Å²) in [4.78, 5) is 10.1. The molecule has 1 aliphatic heterocycles. The molecule has 0 aromatic heterocycles. The lowest BCUT2D eigenvalue weighted by Gasteiger charge is -2.21. The van der Waals surface area contributed by atoms with Gasteiger partial charge in [-0.15, -0.1) is 0 Å². The molecule has 22 heavy (non-hydrogen) atoms. The molecule has 122 valence electrons. The van der Waals surface area contributed by atoms with E-state index < -0.39 is 20.5 Å². The van der Waals surface area contributed by atoms with Crippen molar-refractivity contribution in [1.29, 1.82) is 0 Å². The summed E-state index contributed by atoms with van der Waals surface area (Å²) in [5.74, 6) is 0. The zero-order chi connectivity index (χ0) is 17.1. The van der Waals surface area contributed by atoms with Crippen LogP contribution in [0.25, 0.3) is 0 Å². The number of nitrogens with zero attached hydrogens (tertiary/aromatic N) is 1. The number of ether oxygens (including phenoxy) is 1. The Morgan fingerprint density at radius 3 is 2.32 bits per heavy atom. The third-order valence-corrected chi connectivity index (χ3v) is 3.11. The van der Waals surface area contributed by atoms with Crippen LogP contribution in [0.1, 0.15) is 6.92 Å². The van der Waals surface area contributed by atoms with E-state index in [-0.39, 0.29) is 11.8 Å². The van der Waals surface area contributed by atoms with Gasteiger partial charge in [0.15, 0.2) is 10.1 Å². The van der Waals surface area contributed by atoms with Crippen LogP contribution >= 0.6 is 0 Å². The first-order valence-electron chi connectivity index (χ1n) is 5.52. The number of halogens is 3. The van der Waals surface area contributed by atoms with Crippen molar-refractivity contribution >= 4 is 10.1 Å². The van der Waals surface area contributed by atoms with Crippen molar-refractivity contribution in [2.24, 2.45) is 0 Å². The van der Waals surface area contributed by atoms with Crippen LogP contribution < -0.4 is 0 Å². The number of hydrogen-bond donors (Lipinski definition) is 0. The first-order chi connectivity index (χ1) is 9.93. The highest BCUT2D eigenvalue weighted by molar-refractivity contribution is 7.86. The van der Waals surface area contributed by atoms with E-state index in [9.17, 15) is 23.3 Å². The van der Waals surface area contributed by atoms with Gasteiger partial charge in [-0.2, -0.15) is 13.2 Å². The Morgan fingerprint density at radius 2 is 1.86 bits per heavy atom. The van der Waals surface area contributed by atoms with Crippen molar-refractivity contribution in [3.8, 4) is 0 Å². The molecular weight excluding hydrogens is 331 g/mol. The highest BCUT2D eigenvalue weighted by Crippen LogP contribution is 2.26. The summed E-state index contributed by atoms with van der Waals surface area (Å²) in [5.41, 5.74) is -3.67. The Kier molecular flexibility index (Phi) is 5.14. The molecule has 2 rings (SSSR count). The van der Waals surface area contributed by atoms with Crippen molar-refractivity contribution in [3.05, 3.63) is 57.5 Å². The lowest BCUT2D eigenvalue weighted by atomic mass is 9.96. The standard InChI is InChI=1S/C10H9NO3.CHF3O3S/c1-7-4-5-14-10-3-2-8(11(12)13)6-9(7)10;2-1(3,4)8(5,6)7/h2-6,10H,1H3;(H,5,6,7)/p-1. The summed E-state index contributed by atoms with van der Waals surface area (Å²) in [5, 5.41) is 10.5. The van der Waals surface area contributed by atoms with Crippen molar-refractivity contribution in [2.45, 2.75) is 18.5 Å². The van der Waals surface area contributed by atoms with Gasteiger partial charge in [0.1, 0.15) is 6.10 Å². The number of hydrogen-bond acceptors (Lipinski definition) is 6. The fourth-order valence-corrected chi connectivity index (χ4v) is 1.47. The lowest BCUT2D eigenvalue weighted by molar-refractivity contribution is -0.419. The molecule has 0 saturated carbocycles. The molecule has 11 heteroatoms. The Balaban J connectivity index is 0.000000261. The maximum atomic E-state index is 10.7. The van der Waals surface area contributed by atoms with Gasteiger partial charge in [0.25, 0.3) is 5.70 Å². The van der Waals surface area contributed by atoms with Crippen LogP contribution in [-0.2, 0) is 14.9 Å². The fourth-order valence-electron chi connectivity index (χ4n) is 1.47. The van der Waals surface area contributed by atoms with Gasteiger partial charge < -0.3 is 9.29 Å². The van der Waals surface area contributed by atoms with Crippen LogP contribution in [0.3, 0.4) is 0 Å². The molecule has 1 unspecified atom stereocenters. The van der Waals surface area contributed by atoms with Gasteiger partial charge in [-0.3, -0.25) is 10.1 Å². The van der Waals surface area contributed by atoms with Gasteiger partial charge in [-0.05, 0) is 24.6 Å². The van der Waals surface area contributed by atoms with Gasteiger partial charge in [-0.25, -0.2) is 8.42 Å². The molecule has 0 aromatic rings. The zero-order valence-electron chi connectivity index (χ0n) is 10.9. The normalized spacial score (nSPS) is 20.4. The Hall–Kier alpha value is -2.14. The first kappa shape index (κ1) is 17.9. The highest BCUT2D eigenvalue weighted by Gasteiger charge is 2.36. The molecule has 1 heterocycles. The molecule has 0 radical (unpaired) electrons. The van der Waals surface area contributed by atoms with E-state index in [1.165, 1.54) is 6.08 Å². The molecule has 7 nitrogen and oxygen atoms in total. The molecule has 0 spiro atoms. The van der Waals surface area contributed by atoms with Crippen LogP contribution in [0.2, 0.25) is 0 Å². The average molecular weight is 340 g/mol. The quantitative estimate of drug-likeness (QED) is 0.312. The third-order valence-electron chi connectivity index (χ3n) is 2.54. The topological polar surface area (TPSA) is 110 Å². The molecular formula is C11H9F3NO6S-. The molecule has 2 aliphatic rings. The van der Waals surface area contributed by atoms with E-state index >= 15 is 0 Å². The average Bonchev–Trinajstić information content (AvgIpc) is 2.37. The summed E-state index contributed by atoms with van der Waals surface area (Å²) in [7, 11) is -6.09. The molecule has 0 amide bonds. The van der Waals surface area contributed by atoms with Crippen LogP contribution in [0.4, 0.5) is 13.2 Å². The predicted octanol–water partition coefficient (Wildman–Crippen LogP) is 2.00. The second kappa shape index (κ2) is 6.32. The predicted molar refractivity (Wildman–Crippen MR) is 66.7 cm³/mol. The van der Waals surface area contributed by atoms with Gasteiger partial charge in [0.2, 0.25) is 0 Å². The van der Waals surface area contributed by atoms with Crippen LogP contribution in [0.15, 0.2) is 47.4 Å². The Morgan fingerprint density at radius 1 is 1.32 bits per heavy atom. The molecule has 0 fully saturated rings. The molecule has 0 aromatic carbocycles. The summed E-state index contributed by atoms with van der Waals surface area (Å²) >= 11 is 0. The minimum Gasteiger partial charge on any atom is -0.741 e. The second-order valence-electron chi connectivity index (χ2n) is 4.08. The lowest BCUT2D eigenvalue weighted by Crippen LogP contribution is -2.21. The minimum atomic E-state index is -6.09. The number of rotatable bonds is 1. The number of alkyl halides is 3. The largest absolute Gasteiger partial charge is 0.741 e. The van der Waals surface area contributed by atoms with E-state index in [2.05, 4.69) is 0 Å². The maximum Gasteiger partial charge on any atom is 0.485 e. The first-order valence-corrected chi connectivity index (χ1v) is 6.93. The summed E-state index contributed by atoms with van der Waals surface area (Å²) in [6.45, 7) is 1.91. The molecule has 0 saturated heterocycles. The number of fused-ring (bicyclic) bond motifs is 1. The van der Waals surface area contributed by atoms with Crippen molar-refractivity contribution in [2.75, 3.05) is 0 Å². The van der Waals surface area contributed by atoms with Gasteiger partial charge in [-0.1, -0.05) is 0 Å². The smallest absolute Gasteiger partial charge is 0.485 e. The van der Waals surface area contributed by atoms with E-state index in [0.717, 1.165) is 11.1 Å². The molecule has 1 aliphatic carbocycles.